The molecule has 2 aliphatic rings. The average Bonchev–Trinajstić information content (AvgIpc) is 2.98. The van der Waals surface area contributed by atoms with Crippen LogP contribution >= 0.6 is 24.0 Å². The van der Waals surface area contributed by atoms with Crippen molar-refractivity contribution in [1.29, 1.82) is 0 Å². The van der Waals surface area contributed by atoms with Crippen molar-refractivity contribution in [3.05, 3.63) is 0 Å². The predicted octanol–water partition coefficient (Wildman–Crippen LogP) is 0.584. The average molecular weight is 425 g/mol. The van der Waals surface area contributed by atoms with E-state index in [0.717, 1.165) is 58.3 Å². The van der Waals surface area contributed by atoms with Crippen molar-refractivity contribution < 1.29 is 4.74 Å². The molecule has 6 nitrogen and oxygen atoms in total. The molecule has 2 heterocycles. The highest BCUT2D eigenvalue weighted by Gasteiger charge is 2.22. The van der Waals surface area contributed by atoms with Crippen LogP contribution in [0.15, 0.2) is 4.99 Å². The molecule has 0 spiro atoms. The van der Waals surface area contributed by atoms with Crippen molar-refractivity contribution in [2.75, 3.05) is 60.0 Å². The lowest BCUT2D eigenvalue weighted by atomic mass is 10.2. The Morgan fingerprint density at radius 1 is 1.27 bits per heavy atom. The number of halogens is 1. The van der Waals surface area contributed by atoms with E-state index in [1.165, 1.54) is 6.42 Å². The van der Waals surface area contributed by atoms with Crippen LogP contribution in [0.5, 0.6) is 0 Å². The molecule has 22 heavy (non-hydrogen) atoms. The molecule has 0 aromatic heterocycles. The molecule has 130 valence electrons. The third kappa shape index (κ3) is 6.55. The van der Waals surface area contributed by atoms with Crippen molar-refractivity contribution in [2.45, 2.75) is 31.9 Å². The predicted molar refractivity (Wildman–Crippen MR) is 102 cm³/mol. The standard InChI is InChI=1S/C15H31N5O.HI/c1-4-16-15(18-11-14-6-5-9-21-14)17-10-13-12-19(2)7-8-20(13)3;/h13-14H,4-12H2,1-3H3,(H2,16,17,18);1H. The lowest BCUT2D eigenvalue weighted by Crippen LogP contribution is -2.51. The van der Waals surface area contributed by atoms with Crippen LogP contribution in [0.4, 0.5) is 0 Å². The first-order valence-electron chi connectivity index (χ1n) is 8.21. The number of aliphatic imine (C=N–C) groups is 1. The fourth-order valence-corrected chi connectivity index (χ4v) is 2.85. The molecule has 0 radical (unpaired) electrons. The van der Waals surface area contributed by atoms with Gasteiger partial charge in [0.15, 0.2) is 5.96 Å². The Bertz CT molecular complexity index is 336. The van der Waals surface area contributed by atoms with Gasteiger partial charge in [0, 0.05) is 45.4 Å². The van der Waals surface area contributed by atoms with Crippen LogP contribution in [0.1, 0.15) is 19.8 Å². The SMILES string of the molecule is CCNC(=NCC1CN(C)CCN1C)NCC1CCCO1.I. The minimum Gasteiger partial charge on any atom is -0.376 e. The third-order valence-electron chi connectivity index (χ3n) is 4.31. The molecule has 2 fully saturated rings. The van der Waals surface area contributed by atoms with E-state index in [-0.39, 0.29) is 24.0 Å². The molecule has 7 heteroatoms. The second kappa shape index (κ2) is 10.6. The first-order chi connectivity index (χ1) is 10.2. The number of hydrogen-bond acceptors (Lipinski definition) is 4. The first kappa shape index (κ1) is 19.9. The van der Waals surface area contributed by atoms with Gasteiger partial charge < -0.3 is 20.3 Å². The largest absolute Gasteiger partial charge is 0.376 e. The van der Waals surface area contributed by atoms with Gasteiger partial charge in [-0.05, 0) is 33.9 Å². The summed E-state index contributed by atoms with van der Waals surface area (Å²) in [5.74, 6) is 0.912. The minimum atomic E-state index is 0. The fourth-order valence-electron chi connectivity index (χ4n) is 2.85. The Balaban J connectivity index is 0.00000242. The van der Waals surface area contributed by atoms with Gasteiger partial charge in [-0.15, -0.1) is 24.0 Å². The lowest BCUT2D eigenvalue weighted by Gasteiger charge is -2.36. The highest BCUT2D eigenvalue weighted by Crippen LogP contribution is 2.10. The number of rotatable bonds is 5. The van der Waals surface area contributed by atoms with Crippen molar-refractivity contribution in [2.24, 2.45) is 4.99 Å². The molecule has 2 aliphatic heterocycles. The molecular formula is C15H32IN5O. The highest BCUT2D eigenvalue weighted by molar-refractivity contribution is 14.0. The van der Waals surface area contributed by atoms with Gasteiger partial charge in [0.1, 0.15) is 0 Å². The van der Waals surface area contributed by atoms with E-state index in [4.69, 9.17) is 9.73 Å². The van der Waals surface area contributed by atoms with Crippen LogP contribution in [0.3, 0.4) is 0 Å². The number of nitrogens with zero attached hydrogens (tertiary/aromatic N) is 3. The second-order valence-corrected chi connectivity index (χ2v) is 6.13. The Hall–Kier alpha value is -0.120. The first-order valence-corrected chi connectivity index (χ1v) is 8.21. The van der Waals surface area contributed by atoms with Crippen LogP contribution < -0.4 is 10.6 Å². The number of guanidine groups is 1. The highest BCUT2D eigenvalue weighted by atomic mass is 127. The normalized spacial score (nSPS) is 27.5. The van der Waals surface area contributed by atoms with Gasteiger partial charge in [-0.1, -0.05) is 0 Å². The van der Waals surface area contributed by atoms with Gasteiger partial charge in [0.2, 0.25) is 0 Å². The van der Waals surface area contributed by atoms with Gasteiger partial charge in [-0.25, -0.2) is 0 Å². The van der Waals surface area contributed by atoms with Gasteiger partial charge in [0.25, 0.3) is 0 Å². The molecule has 2 saturated heterocycles. The van der Waals surface area contributed by atoms with Gasteiger partial charge in [0.05, 0.1) is 12.6 Å². The van der Waals surface area contributed by atoms with E-state index in [1.807, 2.05) is 0 Å². The van der Waals surface area contributed by atoms with Crippen molar-refractivity contribution in [3.8, 4) is 0 Å². The monoisotopic (exact) mass is 425 g/mol. The van der Waals surface area contributed by atoms with Crippen molar-refractivity contribution in [1.82, 2.24) is 20.4 Å². The third-order valence-corrected chi connectivity index (χ3v) is 4.31. The van der Waals surface area contributed by atoms with E-state index < -0.39 is 0 Å². The summed E-state index contributed by atoms with van der Waals surface area (Å²) >= 11 is 0. The summed E-state index contributed by atoms with van der Waals surface area (Å²) in [6, 6.07) is 0.502. The van der Waals surface area contributed by atoms with Gasteiger partial charge in [-0.2, -0.15) is 0 Å². The van der Waals surface area contributed by atoms with Gasteiger partial charge in [-0.3, -0.25) is 9.89 Å². The van der Waals surface area contributed by atoms with E-state index in [2.05, 4.69) is 41.5 Å². The smallest absolute Gasteiger partial charge is 0.191 e. The molecule has 2 unspecified atom stereocenters. The zero-order chi connectivity index (χ0) is 15.1. The maximum absolute atomic E-state index is 5.65. The molecule has 0 bridgehead atoms. The molecule has 2 atom stereocenters. The molecule has 0 aliphatic carbocycles. The van der Waals surface area contributed by atoms with E-state index in [0.29, 0.717) is 12.1 Å². The summed E-state index contributed by atoms with van der Waals surface area (Å²) in [6.07, 6.45) is 2.68. The Kier molecular flexibility index (Phi) is 9.62. The number of hydrogen-bond donors (Lipinski definition) is 2. The zero-order valence-corrected chi connectivity index (χ0v) is 16.5. The fraction of sp³-hybridized carbons (Fsp3) is 0.933. The number of ether oxygens (including phenoxy) is 1. The molecule has 0 aromatic carbocycles. The van der Waals surface area contributed by atoms with Crippen LogP contribution in [0, 0.1) is 0 Å². The van der Waals surface area contributed by atoms with Crippen LogP contribution in [-0.4, -0.2) is 87.9 Å². The van der Waals surface area contributed by atoms with E-state index in [9.17, 15) is 0 Å². The summed E-state index contributed by atoms with van der Waals surface area (Å²) in [5.41, 5.74) is 0. The van der Waals surface area contributed by atoms with Crippen LogP contribution in [0.2, 0.25) is 0 Å². The summed E-state index contributed by atoms with van der Waals surface area (Å²) in [6.45, 7) is 8.93. The summed E-state index contributed by atoms with van der Waals surface area (Å²) in [4.78, 5) is 9.55. The van der Waals surface area contributed by atoms with Crippen LogP contribution in [-0.2, 0) is 4.74 Å². The summed E-state index contributed by atoms with van der Waals surface area (Å²) < 4.78 is 5.65. The molecular weight excluding hydrogens is 393 g/mol. The lowest BCUT2D eigenvalue weighted by molar-refractivity contribution is 0.113. The molecule has 0 aromatic rings. The number of piperazine rings is 1. The van der Waals surface area contributed by atoms with Gasteiger partial charge >= 0.3 is 0 Å². The van der Waals surface area contributed by atoms with Crippen molar-refractivity contribution in [3.63, 3.8) is 0 Å². The second-order valence-electron chi connectivity index (χ2n) is 6.13. The maximum Gasteiger partial charge on any atom is 0.191 e. The van der Waals surface area contributed by atoms with E-state index >= 15 is 0 Å². The topological polar surface area (TPSA) is 52.1 Å². The maximum atomic E-state index is 5.65. The molecule has 0 saturated carbocycles. The Morgan fingerprint density at radius 3 is 2.77 bits per heavy atom. The summed E-state index contributed by atoms with van der Waals surface area (Å²) in [5, 5.41) is 6.73. The zero-order valence-electron chi connectivity index (χ0n) is 14.2. The number of nitrogens with one attached hydrogen (secondary N) is 2. The minimum absolute atomic E-state index is 0. The van der Waals surface area contributed by atoms with E-state index in [1.54, 1.807) is 0 Å². The summed E-state index contributed by atoms with van der Waals surface area (Å²) in [7, 11) is 4.38. The number of likely N-dealkylation sites (N-methyl/N-ethyl adjacent to an activating group) is 2. The quantitative estimate of drug-likeness (QED) is 0.384. The Morgan fingerprint density at radius 2 is 2.09 bits per heavy atom. The van der Waals surface area contributed by atoms with Crippen molar-refractivity contribution >= 4 is 29.9 Å². The Labute approximate surface area is 152 Å². The molecule has 0 amide bonds. The van der Waals surface area contributed by atoms with Crippen LogP contribution in [0.25, 0.3) is 0 Å². The molecule has 2 N–H and O–H groups in total. The molecule has 2 rings (SSSR count).